The van der Waals surface area contributed by atoms with E-state index in [0.717, 1.165) is 26.3 Å². The number of piperazine rings is 1. The summed E-state index contributed by atoms with van der Waals surface area (Å²) in [6.45, 7) is 7.78. The molecule has 0 spiro atoms. The third-order valence-electron chi connectivity index (χ3n) is 3.95. The Morgan fingerprint density at radius 3 is 2.71 bits per heavy atom. The van der Waals surface area contributed by atoms with Crippen LogP contribution in [-0.4, -0.2) is 50.8 Å². The molecule has 2 fully saturated rings. The average molecular weight is 198 g/mol. The Labute approximate surface area is 86.8 Å². The summed E-state index contributed by atoms with van der Waals surface area (Å²) in [6, 6.07) is 0.695. The molecule has 0 aromatic carbocycles. The van der Waals surface area contributed by atoms with Crippen molar-refractivity contribution in [1.29, 1.82) is 0 Å². The van der Waals surface area contributed by atoms with Crippen LogP contribution in [0.1, 0.15) is 19.8 Å². The molecule has 0 amide bonds. The van der Waals surface area contributed by atoms with E-state index >= 15 is 0 Å². The third kappa shape index (κ3) is 1.95. The van der Waals surface area contributed by atoms with Gasteiger partial charge >= 0.3 is 0 Å². The van der Waals surface area contributed by atoms with Gasteiger partial charge in [0.2, 0.25) is 0 Å². The molecular weight excluding hydrogens is 176 g/mol. The molecule has 1 N–H and O–H groups in total. The zero-order valence-corrected chi connectivity index (χ0v) is 9.38. The van der Waals surface area contributed by atoms with Crippen molar-refractivity contribution < 1.29 is 4.74 Å². The van der Waals surface area contributed by atoms with Crippen LogP contribution in [0.4, 0.5) is 0 Å². The molecule has 0 radical (unpaired) electrons. The van der Waals surface area contributed by atoms with E-state index in [4.69, 9.17) is 4.74 Å². The molecule has 2 saturated heterocycles. The van der Waals surface area contributed by atoms with Crippen molar-refractivity contribution in [2.24, 2.45) is 5.41 Å². The van der Waals surface area contributed by atoms with Crippen LogP contribution < -0.4 is 5.32 Å². The first-order valence-corrected chi connectivity index (χ1v) is 5.71. The molecule has 2 rings (SSSR count). The van der Waals surface area contributed by atoms with E-state index in [2.05, 4.69) is 24.2 Å². The van der Waals surface area contributed by atoms with Crippen molar-refractivity contribution >= 4 is 0 Å². The predicted molar refractivity (Wildman–Crippen MR) is 57.4 cm³/mol. The molecule has 0 aromatic rings. The van der Waals surface area contributed by atoms with Crippen LogP contribution in [0.5, 0.6) is 0 Å². The number of nitrogens with zero attached hydrogens (tertiary/aromatic N) is 1. The highest BCUT2D eigenvalue weighted by Gasteiger charge is 2.38. The molecule has 2 aliphatic rings. The molecular formula is C11H22N2O. The first kappa shape index (κ1) is 10.4. The lowest BCUT2D eigenvalue weighted by molar-refractivity contribution is -0.0295. The zero-order chi connectivity index (χ0) is 10.0. The molecule has 0 aliphatic carbocycles. The molecule has 0 bridgehead atoms. The molecule has 0 aromatic heterocycles. The van der Waals surface area contributed by atoms with E-state index in [9.17, 15) is 0 Å². The summed E-state index contributed by atoms with van der Waals surface area (Å²) in [5.74, 6) is 0. The summed E-state index contributed by atoms with van der Waals surface area (Å²) in [7, 11) is 2.26. The topological polar surface area (TPSA) is 24.5 Å². The van der Waals surface area contributed by atoms with Gasteiger partial charge in [0.05, 0.1) is 0 Å². The Hall–Kier alpha value is -0.120. The first-order valence-electron chi connectivity index (χ1n) is 5.71. The van der Waals surface area contributed by atoms with Crippen LogP contribution in [0, 0.1) is 5.41 Å². The van der Waals surface area contributed by atoms with E-state index in [-0.39, 0.29) is 0 Å². The number of rotatable bonds is 1. The Balaban J connectivity index is 2.02. The maximum Gasteiger partial charge on any atom is 0.0471 e. The van der Waals surface area contributed by atoms with Crippen LogP contribution in [0.15, 0.2) is 0 Å². The van der Waals surface area contributed by atoms with Gasteiger partial charge in [0, 0.05) is 38.9 Å². The van der Waals surface area contributed by atoms with Gasteiger partial charge in [-0.2, -0.15) is 0 Å². The minimum absolute atomic E-state index is 0.459. The van der Waals surface area contributed by atoms with Crippen LogP contribution >= 0.6 is 0 Å². The Morgan fingerprint density at radius 1 is 1.36 bits per heavy atom. The number of hydrogen-bond donors (Lipinski definition) is 1. The molecule has 3 heteroatoms. The molecule has 1 unspecified atom stereocenters. The number of hydrogen-bond acceptors (Lipinski definition) is 3. The highest BCUT2D eigenvalue weighted by atomic mass is 16.5. The van der Waals surface area contributed by atoms with Crippen LogP contribution in [-0.2, 0) is 4.74 Å². The summed E-state index contributed by atoms with van der Waals surface area (Å²) < 4.78 is 5.45. The van der Waals surface area contributed by atoms with Crippen molar-refractivity contribution in [3.05, 3.63) is 0 Å². The van der Waals surface area contributed by atoms with E-state index in [1.165, 1.54) is 19.4 Å². The fraction of sp³-hybridized carbons (Fsp3) is 1.00. The summed E-state index contributed by atoms with van der Waals surface area (Å²) in [4.78, 5) is 2.52. The summed E-state index contributed by atoms with van der Waals surface area (Å²) in [5, 5.41) is 3.51. The van der Waals surface area contributed by atoms with Gasteiger partial charge in [0.15, 0.2) is 0 Å². The maximum absolute atomic E-state index is 5.45. The summed E-state index contributed by atoms with van der Waals surface area (Å²) >= 11 is 0. The van der Waals surface area contributed by atoms with Gasteiger partial charge in [0.1, 0.15) is 0 Å². The van der Waals surface area contributed by atoms with Crippen molar-refractivity contribution in [3.63, 3.8) is 0 Å². The van der Waals surface area contributed by atoms with E-state index in [1.54, 1.807) is 0 Å². The van der Waals surface area contributed by atoms with Crippen LogP contribution in [0.3, 0.4) is 0 Å². The molecule has 3 nitrogen and oxygen atoms in total. The standard InChI is InChI=1S/C11H22N2O/c1-11(3-7-14-8-4-11)10-9-12-5-6-13(10)2/h10,12H,3-9H2,1-2H3. The van der Waals surface area contributed by atoms with Gasteiger partial charge in [-0.05, 0) is 25.3 Å². The Kier molecular flexibility index (Phi) is 3.10. The molecule has 1 atom stereocenters. The maximum atomic E-state index is 5.45. The first-order chi connectivity index (χ1) is 6.72. The molecule has 2 aliphatic heterocycles. The highest BCUT2D eigenvalue weighted by Crippen LogP contribution is 2.36. The summed E-state index contributed by atoms with van der Waals surface area (Å²) in [6.07, 6.45) is 2.42. The van der Waals surface area contributed by atoms with E-state index in [0.29, 0.717) is 11.5 Å². The van der Waals surface area contributed by atoms with Crippen LogP contribution in [0.25, 0.3) is 0 Å². The minimum atomic E-state index is 0.459. The second kappa shape index (κ2) is 4.17. The average Bonchev–Trinajstić information content (AvgIpc) is 2.19. The SMILES string of the molecule is CN1CCNCC1C1(C)CCOCC1. The van der Waals surface area contributed by atoms with E-state index < -0.39 is 0 Å². The fourth-order valence-corrected chi connectivity index (χ4v) is 2.76. The fourth-order valence-electron chi connectivity index (χ4n) is 2.76. The number of nitrogens with one attached hydrogen (secondary N) is 1. The lowest BCUT2D eigenvalue weighted by Gasteiger charge is -2.47. The third-order valence-corrected chi connectivity index (χ3v) is 3.95. The molecule has 82 valence electrons. The highest BCUT2D eigenvalue weighted by molar-refractivity contribution is 4.93. The molecule has 14 heavy (non-hydrogen) atoms. The van der Waals surface area contributed by atoms with Gasteiger partial charge < -0.3 is 15.0 Å². The van der Waals surface area contributed by atoms with Crippen molar-refractivity contribution in [2.45, 2.75) is 25.8 Å². The van der Waals surface area contributed by atoms with Gasteiger partial charge in [-0.3, -0.25) is 0 Å². The largest absolute Gasteiger partial charge is 0.381 e. The second-order valence-electron chi connectivity index (χ2n) is 4.97. The van der Waals surface area contributed by atoms with Gasteiger partial charge in [-0.25, -0.2) is 0 Å². The summed E-state index contributed by atoms with van der Waals surface area (Å²) in [5.41, 5.74) is 0.459. The lowest BCUT2D eigenvalue weighted by atomic mass is 9.74. The van der Waals surface area contributed by atoms with Crippen molar-refractivity contribution in [1.82, 2.24) is 10.2 Å². The Morgan fingerprint density at radius 2 is 2.07 bits per heavy atom. The lowest BCUT2D eigenvalue weighted by Crippen LogP contribution is -2.57. The number of likely N-dealkylation sites (N-methyl/N-ethyl adjacent to an activating group) is 1. The van der Waals surface area contributed by atoms with Crippen LogP contribution in [0.2, 0.25) is 0 Å². The minimum Gasteiger partial charge on any atom is -0.381 e. The van der Waals surface area contributed by atoms with Crippen molar-refractivity contribution in [3.8, 4) is 0 Å². The predicted octanol–water partition coefficient (Wildman–Crippen LogP) is 0.707. The zero-order valence-electron chi connectivity index (χ0n) is 9.38. The number of ether oxygens (including phenoxy) is 1. The monoisotopic (exact) mass is 198 g/mol. The van der Waals surface area contributed by atoms with E-state index in [1.807, 2.05) is 0 Å². The van der Waals surface area contributed by atoms with Crippen molar-refractivity contribution in [2.75, 3.05) is 39.9 Å². The normalized spacial score (nSPS) is 34.3. The van der Waals surface area contributed by atoms with Gasteiger partial charge in [-0.15, -0.1) is 0 Å². The molecule has 0 saturated carbocycles. The second-order valence-corrected chi connectivity index (χ2v) is 4.97. The Bertz CT molecular complexity index is 190. The smallest absolute Gasteiger partial charge is 0.0471 e. The quantitative estimate of drug-likeness (QED) is 0.671. The molecule has 2 heterocycles. The van der Waals surface area contributed by atoms with Gasteiger partial charge in [-0.1, -0.05) is 6.92 Å². The van der Waals surface area contributed by atoms with Gasteiger partial charge in [0.25, 0.3) is 0 Å².